The Morgan fingerprint density at radius 2 is 1.95 bits per heavy atom. The lowest BCUT2D eigenvalue weighted by Gasteiger charge is -2.01. The lowest BCUT2D eigenvalue weighted by Crippen LogP contribution is -2.24. The summed E-state index contributed by atoms with van der Waals surface area (Å²) in [5.41, 5.74) is 1.02. The molecule has 0 atom stereocenters. The highest BCUT2D eigenvalue weighted by molar-refractivity contribution is 5.92. The number of carboxylic acid groups (broad SMARTS) is 1. The van der Waals surface area contributed by atoms with Crippen molar-refractivity contribution in [1.29, 1.82) is 0 Å². The van der Waals surface area contributed by atoms with Crippen LogP contribution in [0.2, 0.25) is 0 Å². The van der Waals surface area contributed by atoms with Crippen LogP contribution in [0.15, 0.2) is 41.0 Å². The van der Waals surface area contributed by atoms with E-state index in [-0.39, 0.29) is 18.0 Å². The highest BCUT2D eigenvalue weighted by atomic mass is 16.4. The summed E-state index contributed by atoms with van der Waals surface area (Å²) in [6.45, 7) is 0.416. The molecule has 0 aliphatic heterocycles. The maximum Gasteiger partial charge on any atom is 0.303 e. The molecule has 0 spiro atoms. The fraction of sp³-hybridized carbons (Fsp3) is 0.267. The topological polar surface area (TPSA) is 92.4 Å². The van der Waals surface area contributed by atoms with Gasteiger partial charge in [0.05, 0.1) is 0 Å². The van der Waals surface area contributed by atoms with Gasteiger partial charge in [-0.2, -0.15) is 0 Å². The number of carbonyl (C=O) groups is 2. The van der Waals surface area contributed by atoms with E-state index < -0.39 is 5.97 Å². The number of carboxylic acids is 1. The van der Waals surface area contributed by atoms with Gasteiger partial charge in [-0.3, -0.25) is 9.59 Å². The highest BCUT2D eigenvalue weighted by Gasteiger charge is 2.12. The quantitative estimate of drug-likeness (QED) is 0.763. The van der Waals surface area contributed by atoms with Crippen molar-refractivity contribution in [1.82, 2.24) is 10.3 Å². The molecule has 0 aliphatic carbocycles. The summed E-state index contributed by atoms with van der Waals surface area (Å²) >= 11 is 0. The van der Waals surface area contributed by atoms with Crippen LogP contribution in [-0.4, -0.2) is 28.5 Å². The van der Waals surface area contributed by atoms with E-state index in [0.717, 1.165) is 5.56 Å². The number of amides is 1. The molecule has 6 nitrogen and oxygen atoms in total. The lowest BCUT2D eigenvalue weighted by molar-refractivity contribution is -0.137. The number of hydrogen-bond donors (Lipinski definition) is 2. The van der Waals surface area contributed by atoms with Crippen molar-refractivity contribution in [3.8, 4) is 11.5 Å². The molecule has 0 aliphatic rings. The molecule has 0 fully saturated rings. The summed E-state index contributed by atoms with van der Waals surface area (Å²) in [5, 5.41) is 11.2. The number of carbonyl (C=O) groups excluding carboxylic acids is 1. The predicted molar refractivity (Wildman–Crippen MR) is 75.8 cm³/mol. The summed E-state index contributed by atoms with van der Waals surface area (Å²) < 4.78 is 5.28. The Hall–Kier alpha value is -2.63. The van der Waals surface area contributed by atoms with Gasteiger partial charge in [0.1, 0.15) is 6.26 Å². The van der Waals surface area contributed by atoms with E-state index in [2.05, 4.69) is 10.3 Å². The van der Waals surface area contributed by atoms with Gasteiger partial charge >= 0.3 is 5.97 Å². The second-order valence-electron chi connectivity index (χ2n) is 4.51. The first-order valence-corrected chi connectivity index (χ1v) is 6.68. The highest BCUT2D eigenvalue weighted by Crippen LogP contribution is 2.17. The number of oxazole rings is 1. The number of aromatic nitrogens is 1. The van der Waals surface area contributed by atoms with Crippen molar-refractivity contribution in [3.63, 3.8) is 0 Å². The van der Waals surface area contributed by atoms with Crippen molar-refractivity contribution in [3.05, 3.63) is 42.3 Å². The molecule has 2 aromatic rings. The van der Waals surface area contributed by atoms with Crippen molar-refractivity contribution in [2.24, 2.45) is 0 Å². The third-order valence-corrected chi connectivity index (χ3v) is 2.86. The van der Waals surface area contributed by atoms with Gasteiger partial charge in [-0.15, -0.1) is 0 Å². The van der Waals surface area contributed by atoms with Crippen LogP contribution in [-0.2, 0) is 4.79 Å². The molecule has 0 unspecified atom stereocenters. The smallest absolute Gasteiger partial charge is 0.303 e. The number of rotatable bonds is 7. The zero-order valence-electron chi connectivity index (χ0n) is 11.4. The van der Waals surface area contributed by atoms with Crippen molar-refractivity contribution in [2.45, 2.75) is 19.3 Å². The molecule has 21 heavy (non-hydrogen) atoms. The van der Waals surface area contributed by atoms with Crippen molar-refractivity contribution in [2.75, 3.05) is 6.54 Å². The number of unbranched alkanes of at least 4 members (excludes halogenated alkanes) is 1. The van der Waals surface area contributed by atoms with Crippen LogP contribution in [0.4, 0.5) is 0 Å². The van der Waals surface area contributed by atoms with Gasteiger partial charge in [-0.1, -0.05) is 18.2 Å². The van der Waals surface area contributed by atoms with E-state index in [1.165, 1.54) is 6.26 Å². The Labute approximate surface area is 121 Å². The van der Waals surface area contributed by atoms with Gasteiger partial charge in [-0.25, -0.2) is 4.98 Å². The number of nitrogens with one attached hydrogen (secondary N) is 1. The largest absolute Gasteiger partial charge is 0.481 e. The third kappa shape index (κ3) is 4.45. The predicted octanol–water partition coefficient (Wildman–Crippen LogP) is 2.33. The fourth-order valence-electron chi connectivity index (χ4n) is 1.79. The summed E-state index contributed by atoms with van der Waals surface area (Å²) in [7, 11) is 0. The summed E-state index contributed by atoms with van der Waals surface area (Å²) in [6.07, 6.45) is 2.57. The standard InChI is InChI=1S/C15H16N2O4/c18-13(19)8-4-5-9-16-14(20)12-10-21-15(17-12)11-6-2-1-3-7-11/h1-3,6-7,10H,4-5,8-9H2,(H,16,20)(H,18,19). The van der Waals surface area contributed by atoms with Crippen LogP contribution in [0.5, 0.6) is 0 Å². The first-order chi connectivity index (χ1) is 10.2. The van der Waals surface area contributed by atoms with Gasteiger partial charge in [0.15, 0.2) is 5.69 Å². The van der Waals surface area contributed by atoms with Crippen molar-refractivity contribution < 1.29 is 19.1 Å². The lowest BCUT2D eigenvalue weighted by atomic mass is 10.2. The van der Waals surface area contributed by atoms with Gasteiger partial charge in [0, 0.05) is 18.5 Å². The number of nitrogens with zero attached hydrogens (tertiary/aromatic N) is 1. The van der Waals surface area contributed by atoms with Gasteiger partial charge in [0.25, 0.3) is 5.91 Å². The minimum absolute atomic E-state index is 0.109. The van der Waals surface area contributed by atoms with E-state index >= 15 is 0 Å². The molecule has 1 heterocycles. The SMILES string of the molecule is O=C(O)CCCCNC(=O)c1coc(-c2ccccc2)n1. The van der Waals surface area contributed by atoms with Crippen LogP contribution < -0.4 is 5.32 Å². The summed E-state index contributed by atoms with van der Waals surface area (Å²) in [4.78, 5) is 26.3. The molecule has 1 amide bonds. The molecule has 110 valence electrons. The first kappa shape index (κ1) is 14.8. The number of aliphatic carboxylic acids is 1. The van der Waals surface area contributed by atoms with Crippen LogP contribution >= 0.6 is 0 Å². The molecule has 0 saturated heterocycles. The van der Waals surface area contributed by atoms with Crippen LogP contribution in [0.25, 0.3) is 11.5 Å². The van der Waals surface area contributed by atoms with E-state index in [1.54, 1.807) is 0 Å². The van der Waals surface area contributed by atoms with Gasteiger partial charge < -0.3 is 14.8 Å². The zero-order chi connectivity index (χ0) is 15.1. The molecule has 6 heteroatoms. The minimum atomic E-state index is -0.828. The van der Waals surface area contributed by atoms with Gasteiger partial charge in [0.2, 0.25) is 5.89 Å². The molecular weight excluding hydrogens is 272 g/mol. The summed E-state index contributed by atoms with van der Waals surface area (Å²) in [6, 6.07) is 9.31. The van der Waals surface area contributed by atoms with Crippen molar-refractivity contribution >= 4 is 11.9 Å². The second-order valence-corrected chi connectivity index (χ2v) is 4.51. The molecule has 2 rings (SSSR count). The molecule has 0 saturated carbocycles. The Morgan fingerprint density at radius 1 is 1.19 bits per heavy atom. The average molecular weight is 288 g/mol. The van der Waals surface area contributed by atoms with E-state index in [9.17, 15) is 9.59 Å². The minimum Gasteiger partial charge on any atom is -0.481 e. The molecule has 0 bridgehead atoms. The third-order valence-electron chi connectivity index (χ3n) is 2.86. The normalized spacial score (nSPS) is 10.3. The molecule has 2 N–H and O–H groups in total. The molecule has 1 aromatic heterocycles. The molecular formula is C15H16N2O4. The molecule has 0 radical (unpaired) electrons. The Morgan fingerprint density at radius 3 is 2.67 bits per heavy atom. The Kier molecular flexibility index (Phi) is 5.09. The summed E-state index contributed by atoms with van der Waals surface area (Å²) in [5.74, 6) is -0.756. The maximum atomic E-state index is 11.8. The first-order valence-electron chi connectivity index (χ1n) is 6.68. The maximum absolute atomic E-state index is 11.8. The average Bonchev–Trinajstić information content (AvgIpc) is 2.97. The van der Waals surface area contributed by atoms with Crippen LogP contribution in [0.1, 0.15) is 29.8 Å². The van der Waals surface area contributed by atoms with E-state index in [0.29, 0.717) is 25.3 Å². The number of hydrogen-bond acceptors (Lipinski definition) is 4. The second kappa shape index (κ2) is 7.23. The Balaban J connectivity index is 1.84. The van der Waals surface area contributed by atoms with Crippen LogP contribution in [0.3, 0.4) is 0 Å². The monoisotopic (exact) mass is 288 g/mol. The van der Waals surface area contributed by atoms with Crippen LogP contribution in [0, 0.1) is 0 Å². The van der Waals surface area contributed by atoms with E-state index in [1.807, 2.05) is 30.3 Å². The fourth-order valence-corrected chi connectivity index (χ4v) is 1.79. The Bertz CT molecular complexity index is 607. The van der Waals surface area contributed by atoms with Gasteiger partial charge in [-0.05, 0) is 25.0 Å². The van der Waals surface area contributed by atoms with E-state index in [4.69, 9.17) is 9.52 Å². The molecule has 1 aromatic carbocycles. The number of benzene rings is 1. The zero-order valence-corrected chi connectivity index (χ0v) is 11.4.